The summed E-state index contributed by atoms with van der Waals surface area (Å²) in [5.74, 6) is 1.01. The molecule has 4 heteroatoms. The van der Waals surface area contributed by atoms with Crippen molar-refractivity contribution in [3.05, 3.63) is 48.0 Å². The van der Waals surface area contributed by atoms with E-state index in [0.717, 1.165) is 12.2 Å². The highest BCUT2D eigenvalue weighted by Crippen LogP contribution is 2.20. The number of thioether (sulfide) groups is 1. The van der Waals surface area contributed by atoms with E-state index in [-0.39, 0.29) is 0 Å². The van der Waals surface area contributed by atoms with Crippen LogP contribution in [0.1, 0.15) is 17.4 Å². The Balaban J connectivity index is 2.11. The summed E-state index contributed by atoms with van der Waals surface area (Å²) < 4.78 is 0. The van der Waals surface area contributed by atoms with Crippen LogP contribution in [0.4, 0.5) is 0 Å². The largest absolute Gasteiger partial charge is 0.349 e. The summed E-state index contributed by atoms with van der Waals surface area (Å²) in [5, 5.41) is 3.33. The minimum Gasteiger partial charge on any atom is -0.349 e. The van der Waals surface area contributed by atoms with Crippen LogP contribution in [0.25, 0.3) is 0 Å². The van der Waals surface area contributed by atoms with Gasteiger partial charge in [0.25, 0.3) is 0 Å². The van der Waals surface area contributed by atoms with Gasteiger partial charge in [0.2, 0.25) is 0 Å². The van der Waals surface area contributed by atoms with Gasteiger partial charge in [-0.15, -0.1) is 11.8 Å². The molecule has 0 aliphatic heterocycles. The number of nitrogens with zero attached hydrogens (tertiary/aromatic N) is 1. The van der Waals surface area contributed by atoms with Crippen molar-refractivity contribution in [2.24, 2.45) is 0 Å². The highest BCUT2D eigenvalue weighted by molar-refractivity contribution is 7.98. The lowest BCUT2D eigenvalue weighted by atomic mass is 10.0. The van der Waals surface area contributed by atoms with E-state index in [1.807, 2.05) is 13.2 Å². The second-order valence-electron chi connectivity index (χ2n) is 3.85. The molecule has 2 aromatic rings. The molecule has 3 nitrogen and oxygen atoms in total. The molecule has 0 amide bonds. The first-order valence-electron chi connectivity index (χ1n) is 5.63. The Morgan fingerprint density at radius 2 is 2.12 bits per heavy atom. The molecule has 0 aliphatic carbocycles. The third-order valence-corrected chi connectivity index (χ3v) is 3.56. The first kappa shape index (κ1) is 12.2. The van der Waals surface area contributed by atoms with Crippen molar-refractivity contribution in [1.29, 1.82) is 0 Å². The molecule has 1 unspecified atom stereocenters. The van der Waals surface area contributed by atoms with Crippen molar-refractivity contribution in [3.8, 4) is 0 Å². The minimum absolute atomic E-state index is 0.303. The standard InChI is InChI=1S/C13H17N3S/c1-14-12(9-13-15-7-8-16-13)10-3-5-11(17-2)6-4-10/h3-8,12,14H,9H2,1-2H3,(H,15,16). The molecule has 1 heterocycles. The van der Waals surface area contributed by atoms with Gasteiger partial charge in [0.15, 0.2) is 0 Å². The number of H-pyrrole nitrogens is 1. The van der Waals surface area contributed by atoms with Gasteiger partial charge in [-0.2, -0.15) is 0 Å². The normalized spacial score (nSPS) is 12.6. The van der Waals surface area contributed by atoms with Gasteiger partial charge in [0.05, 0.1) is 0 Å². The predicted molar refractivity (Wildman–Crippen MR) is 72.3 cm³/mol. The van der Waals surface area contributed by atoms with Crippen molar-refractivity contribution in [1.82, 2.24) is 15.3 Å². The van der Waals surface area contributed by atoms with E-state index in [1.165, 1.54) is 10.5 Å². The van der Waals surface area contributed by atoms with E-state index < -0.39 is 0 Å². The Labute approximate surface area is 106 Å². The maximum atomic E-state index is 4.26. The fourth-order valence-electron chi connectivity index (χ4n) is 1.83. The van der Waals surface area contributed by atoms with E-state index in [9.17, 15) is 0 Å². The molecule has 1 aromatic carbocycles. The lowest BCUT2D eigenvalue weighted by Gasteiger charge is -2.15. The number of nitrogens with one attached hydrogen (secondary N) is 2. The molecule has 2 rings (SSSR count). The maximum Gasteiger partial charge on any atom is 0.107 e. The Morgan fingerprint density at radius 1 is 1.35 bits per heavy atom. The minimum atomic E-state index is 0.303. The molecular formula is C13H17N3S. The zero-order valence-corrected chi connectivity index (χ0v) is 10.9. The quantitative estimate of drug-likeness (QED) is 0.798. The van der Waals surface area contributed by atoms with E-state index in [1.54, 1.807) is 18.0 Å². The van der Waals surface area contributed by atoms with Crippen molar-refractivity contribution < 1.29 is 0 Å². The molecule has 17 heavy (non-hydrogen) atoms. The second kappa shape index (κ2) is 5.89. The van der Waals surface area contributed by atoms with Gasteiger partial charge in [0.1, 0.15) is 5.82 Å². The van der Waals surface area contributed by atoms with Gasteiger partial charge in [0, 0.05) is 29.8 Å². The van der Waals surface area contributed by atoms with Gasteiger partial charge < -0.3 is 10.3 Å². The van der Waals surface area contributed by atoms with Crippen molar-refractivity contribution in [2.45, 2.75) is 17.4 Å². The summed E-state index contributed by atoms with van der Waals surface area (Å²) in [4.78, 5) is 8.70. The van der Waals surface area contributed by atoms with Crippen LogP contribution < -0.4 is 5.32 Å². The van der Waals surface area contributed by atoms with Gasteiger partial charge in [-0.25, -0.2) is 4.98 Å². The molecule has 0 fully saturated rings. The maximum absolute atomic E-state index is 4.26. The molecule has 0 bridgehead atoms. The first-order chi connectivity index (χ1) is 8.33. The Morgan fingerprint density at radius 3 is 2.65 bits per heavy atom. The Bertz CT molecular complexity index is 436. The molecular weight excluding hydrogens is 230 g/mol. The summed E-state index contributed by atoms with van der Waals surface area (Å²) in [6, 6.07) is 8.97. The Kier molecular flexibility index (Phi) is 4.23. The van der Waals surface area contributed by atoms with Crippen molar-refractivity contribution in [2.75, 3.05) is 13.3 Å². The number of imidazole rings is 1. The monoisotopic (exact) mass is 247 g/mol. The number of hydrogen-bond acceptors (Lipinski definition) is 3. The van der Waals surface area contributed by atoms with E-state index in [0.29, 0.717) is 6.04 Å². The highest BCUT2D eigenvalue weighted by atomic mass is 32.2. The third kappa shape index (κ3) is 3.11. The molecule has 0 spiro atoms. The van der Waals surface area contributed by atoms with Crippen molar-refractivity contribution in [3.63, 3.8) is 0 Å². The molecule has 0 saturated heterocycles. The molecule has 90 valence electrons. The van der Waals surface area contributed by atoms with Crippen LogP contribution in [0.3, 0.4) is 0 Å². The smallest absolute Gasteiger partial charge is 0.107 e. The summed E-state index contributed by atoms with van der Waals surface area (Å²) >= 11 is 1.76. The van der Waals surface area contributed by atoms with Crippen molar-refractivity contribution >= 4 is 11.8 Å². The van der Waals surface area contributed by atoms with Gasteiger partial charge in [-0.3, -0.25) is 0 Å². The fourth-order valence-corrected chi connectivity index (χ4v) is 2.23. The zero-order valence-electron chi connectivity index (χ0n) is 10.1. The summed E-state index contributed by atoms with van der Waals surface area (Å²) in [5.41, 5.74) is 1.29. The van der Waals surface area contributed by atoms with E-state index in [4.69, 9.17) is 0 Å². The van der Waals surface area contributed by atoms with Crippen LogP contribution in [-0.2, 0) is 6.42 Å². The summed E-state index contributed by atoms with van der Waals surface area (Å²) in [6.45, 7) is 0. The SMILES string of the molecule is CNC(Cc1ncc[nH]1)c1ccc(SC)cc1. The highest BCUT2D eigenvalue weighted by Gasteiger charge is 2.11. The van der Waals surface area contributed by atoms with Gasteiger partial charge >= 0.3 is 0 Å². The number of rotatable bonds is 5. The third-order valence-electron chi connectivity index (χ3n) is 2.82. The lowest BCUT2D eigenvalue weighted by Crippen LogP contribution is -2.19. The first-order valence-corrected chi connectivity index (χ1v) is 6.85. The molecule has 0 radical (unpaired) electrons. The van der Waals surface area contributed by atoms with Crippen LogP contribution in [-0.4, -0.2) is 23.3 Å². The van der Waals surface area contributed by atoms with E-state index >= 15 is 0 Å². The summed E-state index contributed by atoms with van der Waals surface area (Å²) in [7, 11) is 1.98. The topological polar surface area (TPSA) is 40.7 Å². The Hall–Kier alpha value is -1.26. The molecule has 1 aromatic heterocycles. The predicted octanol–water partition coefficient (Wildman–Crippen LogP) is 2.63. The van der Waals surface area contributed by atoms with Crippen LogP contribution >= 0.6 is 11.8 Å². The second-order valence-corrected chi connectivity index (χ2v) is 4.73. The van der Waals surface area contributed by atoms with E-state index in [2.05, 4.69) is 45.8 Å². The lowest BCUT2D eigenvalue weighted by molar-refractivity contribution is 0.578. The van der Waals surface area contributed by atoms with Gasteiger partial charge in [-0.1, -0.05) is 12.1 Å². The number of likely N-dealkylation sites (N-methyl/N-ethyl adjacent to an activating group) is 1. The number of hydrogen-bond donors (Lipinski definition) is 2. The van der Waals surface area contributed by atoms with Crippen LogP contribution in [0.5, 0.6) is 0 Å². The molecule has 0 saturated carbocycles. The fraction of sp³-hybridized carbons (Fsp3) is 0.308. The number of aromatic amines is 1. The molecule has 1 atom stereocenters. The number of aromatic nitrogens is 2. The van der Waals surface area contributed by atoms with Crippen LogP contribution in [0.15, 0.2) is 41.6 Å². The zero-order chi connectivity index (χ0) is 12.1. The van der Waals surface area contributed by atoms with Crippen LogP contribution in [0, 0.1) is 0 Å². The average molecular weight is 247 g/mol. The average Bonchev–Trinajstić information content (AvgIpc) is 2.89. The van der Waals surface area contributed by atoms with Crippen LogP contribution in [0.2, 0.25) is 0 Å². The number of benzene rings is 1. The van der Waals surface area contributed by atoms with Gasteiger partial charge in [-0.05, 0) is 31.0 Å². The molecule has 2 N–H and O–H groups in total. The molecule has 0 aliphatic rings. The summed E-state index contributed by atoms with van der Waals surface area (Å²) in [6.07, 6.45) is 6.62.